The van der Waals surface area contributed by atoms with Gasteiger partial charge >= 0.3 is 0 Å². The zero-order valence-corrected chi connectivity index (χ0v) is 13.3. The lowest BCUT2D eigenvalue weighted by atomic mass is 9.97. The smallest absolute Gasteiger partial charge is 0.291 e. The van der Waals surface area contributed by atoms with Crippen LogP contribution in [0.5, 0.6) is 0 Å². The van der Waals surface area contributed by atoms with Crippen molar-refractivity contribution in [2.24, 2.45) is 0 Å². The van der Waals surface area contributed by atoms with E-state index in [-0.39, 0.29) is 11.7 Å². The summed E-state index contributed by atoms with van der Waals surface area (Å²) >= 11 is 6.13. The number of H-pyrrole nitrogens is 1. The molecule has 3 heterocycles. The van der Waals surface area contributed by atoms with Gasteiger partial charge in [-0.15, -0.1) is 0 Å². The molecule has 118 valence electrons. The van der Waals surface area contributed by atoms with Crippen LogP contribution in [0.1, 0.15) is 27.9 Å². The lowest BCUT2D eigenvalue weighted by Crippen LogP contribution is -2.40. The molecule has 0 fully saturated rings. The number of hydrogen-bond donors (Lipinski definition) is 1. The van der Waals surface area contributed by atoms with E-state index >= 15 is 0 Å². The van der Waals surface area contributed by atoms with Crippen LogP contribution < -0.4 is 0 Å². The van der Waals surface area contributed by atoms with E-state index < -0.39 is 6.04 Å². The predicted octanol–water partition coefficient (Wildman–Crippen LogP) is 2.87. The number of nitrogens with one attached hydrogen (secondary N) is 1. The molecule has 1 amide bonds. The van der Waals surface area contributed by atoms with Crippen LogP contribution in [-0.4, -0.2) is 32.3 Å². The minimum atomic E-state index is -0.668. The van der Waals surface area contributed by atoms with Crippen molar-refractivity contribution < 1.29 is 4.79 Å². The topological polar surface area (TPSA) is 85.7 Å². The molecule has 2 aromatic heterocycles. The number of nitrogens with zero attached hydrogens (tertiary/aromatic N) is 4. The molecular formula is C17H12ClN5O. The number of carbonyl (C=O) groups excluding carboxylic acids is 1. The molecule has 4 rings (SSSR count). The highest BCUT2D eigenvalue weighted by Gasteiger charge is 2.33. The van der Waals surface area contributed by atoms with Gasteiger partial charge in [-0.05, 0) is 18.2 Å². The Hall–Kier alpha value is -2.91. The molecular weight excluding hydrogens is 326 g/mol. The number of hydrogen-bond acceptors (Lipinski definition) is 4. The molecule has 0 saturated heterocycles. The molecule has 0 radical (unpaired) electrons. The average Bonchev–Trinajstić information content (AvgIpc) is 3.06. The highest BCUT2D eigenvalue weighted by molar-refractivity contribution is 6.35. The monoisotopic (exact) mass is 337 g/mol. The largest absolute Gasteiger partial charge is 0.333 e. The van der Waals surface area contributed by atoms with Gasteiger partial charge in [-0.2, -0.15) is 5.26 Å². The van der Waals surface area contributed by atoms with Crippen molar-refractivity contribution in [3.05, 3.63) is 58.6 Å². The van der Waals surface area contributed by atoms with Gasteiger partial charge in [0.15, 0.2) is 5.82 Å². The molecule has 1 unspecified atom stereocenters. The Morgan fingerprint density at radius 2 is 2.25 bits per heavy atom. The second kappa shape index (κ2) is 5.62. The van der Waals surface area contributed by atoms with Crippen LogP contribution in [-0.2, 0) is 6.42 Å². The number of rotatable bonds is 1. The Bertz CT molecular complexity index is 990. The lowest BCUT2D eigenvalue weighted by molar-refractivity contribution is 0.0693. The molecule has 0 bridgehead atoms. The van der Waals surface area contributed by atoms with Gasteiger partial charge in [0, 0.05) is 30.4 Å². The third-order valence-electron chi connectivity index (χ3n) is 4.17. The van der Waals surface area contributed by atoms with E-state index in [1.54, 1.807) is 30.5 Å². The molecule has 24 heavy (non-hydrogen) atoms. The van der Waals surface area contributed by atoms with Crippen molar-refractivity contribution in [3.63, 3.8) is 0 Å². The number of aromatic nitrogens is 3. The van der Waals surface area contributed by atoms with Crippen molar-refractivity contribution in [2.45, 2.75) is 12.5 Å². The zero-order chi connectivity index (χ0) is 16.7. The van der Waals surface area contributed by atoms with Crippen LogP contribution in [0.15, 0.2) is 36.5 Å². The number of imidazole rings is 1. The lowest BCUT2D eigenvalue weighted by Gasteiger charge is -2.31. The van der Waals surface area contributed by atoms with Gasteiger partial charge in [0.1, 0.15) is 6.04 Å². The molecule has 0 spiro atoms. The average molecular weight is 338 g/mol. The van der Waals surface area contributed by atoms with Crippen LogP contribution in [0, 0.1) is 11.3 Å². The van der Waals surface area contributed by atoms with E-state index in [2.05, 4.69) is 21.0 Å². The Morgan fingerprint density at radius 3 is 3.04 bits per heavy atom. The van der Waals surface area contributed by atoms with E-state index in [0.717, 1.165) is 11.3 Å². The molecule has 1 aliphatic rings. The fourth-order valence-electron chi connectivity index (χ4n) is 3.02. The van der Waals surface area contributed by atoms with E-state index in [1.165, 1.54) is 4.90 Å². The number of fused-ring (bicyclic) bond motifs is 2. The Morgan fingerprint density at radius 1 is 1.38 bits per heavy atom. The van der Waals surface area contributed by atoms with E-state index in [4.69, 9.17) is 11.6 Å². The first-order chi connectivity index (χ1) is 11.7. The van der Waals surface area contributed by atoms with Gasteiger partial charge in [-0.25, -0.2) is 4.98 Å². The zero-order valence-electron chi connectivity index (χ0n) is 12.5. The van der Waals surface area contributed by atoms with Crippen LogP contribution in [0.3, 0.4) is 0 Å². The number of nitriles is 1. The van der Waals surface area contributed by atoms with Gasteiger partial charge in [-0.1, -0.05) is 23.7 Å². The number of aromatic amines is 1. The van der Waals surface area contributed by atoms with Crippen molar-refractivity contribution in [1.29, 1.82) is 5.26 Å². The molecule has 1 aromatic carbocycles. The molecule has 0 saturated carbocycles. The molecule has 1 N–H and O–H groups in total. The van der Waals surface area contributed by atoms with Gasteiger partial charge in [-0.3, -0.25) is 9.78 Å². The summed E-state index contributed by atoms with van der Waals surface area (Å²) < 4.78 is 0. The van der Waals surface area contributed by atoms with Crippen molar-refractivity contribution >= 4 is 28.5 Å². The first-order valence-electron chi connectivity index (χ1n) is 7.47. The maximum atomic E-state index is 12.9. The van der Waals surface area contributed by atoms with Crippen LogP contribution in [0.2, 0.25) is 5.02 Å². The van der Waals surface area contributed by atoms with Crippen molar-refractivity contribution in [1.82, 2.24) is 19.9 Å². The Balaban J connectivity index is 1.74. The summed E-state index contributed by atoms with van der Waals surface area (Å²) in [7, 11) is 0. The fourth-order valence-corrected chi connectivity index (χ4v) is 3.24. The number of para-hydroxylation sites is 1. The summed E-state index contributed by atoms with van der Waals surface area (Å²) in [4.78, 5) is 26.0. The van der Waals surface area contributed by atoms with Gasteiger partial charge in [0.05, 0.1) is 22.1 Å². The number of pyridine rings is 1. The Kier molecular flexibility index (Phi) is 3.44. The number of amides is 1. The Labute approximate surface area is 142 Å². The second-order valence-electron chi connectivity index (χ2n) is 5.54. The van der Waals surface area contributed by atoms with Crippen LogP contribution >= 0.6 is 11.6 Å². The molecule has 0 aliphatic carbocycles. The van der Waals surface area contributed by atoms with E-state index in [1.807, 2.05) is 6.07 Å². The summed E-state index contributed by atoms with van der Waals surface area (Å²) in [6, 6.07) is 10.4. The number of halogens is 1. The molecule has 6 nitrogen and oxygen atoms in total. The molecule has 1 aliphatic heterocycles. The fraction of sp³-hybridized carbons (Fsp3) is 0.176. The maximum Gasteiger partial charge on any atom is 0.291 e. The van der Waals surface area contributed by atoms with E-state index in [0.29, 0.717) is 29.0 Å². The van der Waals surface area contributed by atoms with Gasteiger partial charge in [0.25, 0.3) is 5.91 Å². The minimum absolute atomic E-state index is 0.186. The molecule has 1 atom stereocenters. The highest BCUT2D eigenvalue weighted by Crippen LogP contribution is 2.29. The third kappa shape index (κ3) is 2.22. The van der Waals surface area contributed by atoms with Crippen molar-refractivity contribution in [3.8, 4) is 6.07 Å². The summed E-state index contributed by atoms with van der Waals surface area (Å²) in [6.45, 7) is 0.422. The third-order valence-corrected chi connectivity index (χ3v) is 4.49. The van der Waals surface area contributed by atoms with Crippen LogP contribution in [0.25, 0.3) is 11.0 Å². The highest BCUT2D eigenvalue weighted by atomic mass is 35.5. The SMILES string of the molecule is N#CC1c2cccnc2CCN1C(=O)c1nc2cccc(Cl)c2[nH]1. The molecule has 7 heteroatoms. The van der Waals surface area contributed by atoms with Gasteiger partial charge in [0.2, 0.25) is 0 Å². The summed E-state index contributed by atoms with van der Waals surface area (Å²) in [5, 5.41) is 10.1. The summed E-state index contributed by atoms with van der Waals surface area (Å²) in [5.74, 6) is -0.131. The predicted molar refractivity (Wildman–Crippen MR) is 88.4 cm³/mol. The van der Waals surface area contributed by atoms with Crippen LogP contribution in [0.4, 0.5) is 0 Å². The standard InChI is InChI=1S/C17H12ClN5O/c18-11-4-1-5-13-15(11)22-16(21-13)17(24)23-8-6-12-10(14(23)9-19)3-2-7-20-12/h1-5,7,14H,6,8H2,(H,21,22). The van der Waals surface area contributed by atoms with E-state index in [9.17, 15) is 10.1 Å². The number of benzene rings is 1. The second-order valence-corrected chi connectivity index (χ2v) is 5.95. The normalized spacial score (nSPS) is 16.7. The minimum Gasteiger partial charge on any atom is -0.333 e. The number of carbonyl (C=O) groups is 1. The summed E-state index contributed by atoms with van der Waals surface area (Å²) in [6.07, 6.45) is 2.31. The van der Waals surface area contributed by atoms with Crippen molar-refractivity contribution in [2.75, 3.05) is 6.54 Å². The first-order valence-corrected chi connectivity index (χ1v) is 7.85. The first kappa shape index (κ1) is 14.7. The van der Waals surface area contributed by atoms with Gasteiger partial charge < -0.3 is 9.88 Å². The molecule has 3 aromatic rings. The quantitative estimate of drug-likeness (QED) is 0.739. The maximum absolute atomic E-state index is 12.9. The summed E-state index contributed by atoms with van der Waals surface area (Å²) in [5.41, 5.74) is 2.88.